The molecule has 0 atom stereocenters. The molecule has 3 heteroatoms. The largest absolute Gasteiger partial charge is 0.488 e. The van der Waals surface area contributed by atoms with Crippen LogP contribution in [-0.2, 0) is 19.6 Å². The topological polar surface area (TPSA) is 35.2 Å². The third-order valence-corrected chi connectivity index (χ3v) is 4.43. The van der Waals surface area contributed by atoms with Gasteiger partial charge in [0.25, 0.3) is 0 Å². The van der Waals surface area contributed by atoms with Gasteiger partial charge in [-0.2, -0.15) is 0 Å². The number of benzene rings is 3. The van der Waals surface area contributed by atoms with Crippen LogP contribution in [0.5, 0.6) is 5.75 Å². The molecule has 3 aromatic carbocycles. The predicted octanol–water partition coefficient (Wildman–Crippen LogP) is 6.01. The minimum absolute atomic E-state index is 0. The molecule has 27 heavy (non-hydrogen) atoms. The van der Waals surface area contributed by atoms with Gasteiger partial charge < -0.3 is 10.5 Å². The Labute approximate surface area is 168 Å². The van der Waals surface area contributed by atoms with E-state index in [1.165, 1.54) is 5.56 Å². The van der Waals surface area contributed by atoms with Gasteiger partial charge in [-0.15, -0.1) is 12.4 Å². The van der Waals surface area contributed by atoms with Gasteiger partial charge in [0.05, 0.1) is 0 Å². The van der Waals surface area contributed by atoms with Gasteiger partial charge in [0.1, 0.15) is 12.4 Å². The summed E-state index contributed by atoms with van der Waals surface area (Å²) in [5.41, 5.74) is 11.7. The van der Waals surface area contributed by atoms with E-state index in [9.17, 15) is 0 Å². The van der Waals surface area contributed by atoms with Crippen molar-refractivity contribution in [2.24, 2.45) is 11.7 Å². The molecule has 0 aliphatic carbocycles. The summed E-state index contributed by atoms with van der Waals surface area (Å²) >= 11 is 0. The monoisotopic (exact) mass is 381 g/mol. The fourth-order valence-electron chi connectivity index (χ4n) is 3.08. The lowest BCUT2D eigenvalue weighted by atomic mass is 9.97. The summed E-state index contributed by atoms with van der Waals surface area (Å²) in [6.45, 7) is 5.57. The molecular formula is C24H28ClNO. The van der Waals surface area contributed by atoms with Gasteiger partial charge in [-0.25, -0.2) is 0 Å². The van der Waals surface area contributed by atoms with E-state index in [0.29, 0.717) is 19.1 Å². The van der Waals surface area contributed by atoms with Gasteiger partial charge in [0.2, 0.25) is 0 Å². The molecular weight excluding hydrogens is 354 g/mol. The first-order valence-corrected chi connectivity index (χ1v) is 9.24. The van der Waals surface area contributed by atoms with Crippen LogP contribution >= 0.6 is 12.4 Å². The highest BCUT2D eigenvalue weighted by Crippen LogP contribution is 2.32. The molecule has 0 amide bonds. The third kappa shape index (κ3) is 5.85. The number of ether oxygens (including phenoxy) is 1. The molecule has 0 aliphatic heterocycles. The molecule has 0 bridgehead atoms. The van der Waals surface area contributed by atoms with Crippen LogP contribution in [0.2, 0.25) is 0 Å². The summed E-state index contributed by atoms with van der Waals surface area (Å²) in [6, 6.07) is 25.2. The highest BCUT2D eigenvalue weighted by Gasteiger charge is 2.09. The van der Waals surface area contributed by atoms with Crippen LogP contribution in [0.3, 0.4) is 0 Å². The smallest absolute Gasteiger partial charge is 0.127 e. The van der Waals surface area contributed by atoms with Gasteiger partial charge >= 0.3 is 0 Å². The molecule has 0 fully saturated rings. The van der Waals surface area contributed by atoms with E-state index >= 15 is 0 Å². The maximum atomic E-state index is 6.13. The predicted molar refractivity (Wildman–Crippen MR) is 116 cm³/mol. The lowest BCUT2D eigenvalue weighted by Gasteiger charge is -2.14. The molecule has 0 saturated heterocycles. The zero-order valence-electron chi connectivity index (χ0n) is 16.0. The second kappa shape index (κ2) is 10.1. The number of halogens is 1. The van der Waals surface area contributed by atoms with Crippen LogP contribution in [0.15, 0.2) is 72.8 Å². The number of nitrogens with two attached hydrogens (primary N) is 1. The normalized spacial score (nSPS) is 10.5. The fourth-order valence-corrected chi connectivity index (χ4v) is 3.08. The van der Waals surface area contributed by atoms with E-state index < -0.39 is 0 Å². The summed E-state index contributed by atoms with van der Waals surface area (Å²) in [6.07, 6.45) is 1.10. The van der Waals surface area contributed by atoms with Crippen molar-refractivity contribution < 1.29 is 4.74 Å². The van der Waals surface area contributed by atoms with Gasteiger partial charge in [-0.05, 0) is 46.7 Å². The highest BCUT2D eigenvalue weighted by molar-refractivity contribution is 5.85. The second-order valence-electron chi connectivity index (χ2n) is 7.10. The van der Waals surface area contributed by atoms with Crippen LogP contribution in [0, 0.1) is 5.92 Å². The van der Waals surface area contributed by atoms with Crippen molar-refractivity contribution in [2.75, 3.05) is 0 Å². The molecule has 0 aliphatic rings. The highest BCUT2D eigenvalue weighted by atomic mass is 35.5. The van der Waals surface area contributed by atoms with Crippen LogP contribution < -0.4 is 10.5 Å². The first kappa shape index (κ1) is 21.0. The zero-order chi connectivity index (χ0) is 18.4. The molecule has 0 spiro atoms. The van der Waals surface area contributed by atoms with E-state index in [0.717, 1.165) is 34.4 Å². The molecule has 0 heterocycles. The molecule has 142 valence electrons. The zero-order valence-corrected chi connectivity index (χ0v) is 16.8. The van der Waals surface area contributed by atoms with E-state index in [2.05, 4.69) is 56.3 Å². The Balaban J connectivity index is 0.00000261. The molecule has 0 radical (unpaired) electrons. The van der Waals surface area contributed by atoms with E-state index in [1.807, 2.05) is 30.3 Å². The number of rotatable bonds is 7. The second-order valence-corrected chi connectivity index (χ2v) is 7.10. The van der Waals surface area contributed by atoms with Gasteiger partial charge in [-0.3, -0.25) is 0 Å². The number of hydrogen-bond donors (Lipinski definition) is 1. The van der Waals surface area contributed by atoms with Crippen LogP contribution in [0.1, 0.15) is 30.5 Å². The third-order valence-electron chi connectivity index (χ3n) is 4.43. The van der Waals surface area contributed by atoms with E-state index in [4.69, 9.17) is 10.5 Å². The van der Waals surface area contributed by atoms with Crippen molar-refractivity contribution in [1.29, 1.82) is 0 Å². The summed E-state index contributed by atoms with van der Waals surface area (Å²) < 4.78 is 6.13. The quantitative estimate of drug-likeness (QED) is 0.543. The summed E-state index contributed by atoms with van der Waals surface area (Å²) in [5.74, 6) is 1.55. The Morgan fingerprint density at radius 2 is 1.48 bits per heavy atom. The Morgan fingerprint density at radius 1 is 0.815 bits per heavy atom. The van der Waals surface area contributed by atoms with Crippen molar-refractivity contribution in [1.82, 2.24) is 0 Å². The van der Waals surface area contributed by atoms with E-state index in [-0.39, 0.29) is 12.4 Å². The Bertz CT molecular complexity index is 829. The lowest BCUT2D eigenvalue weighted by molar-refractivity contribution is 0.307. The summed E-state index contributed by atoms with van der Waals surface area (Å²) in [4.78, 5) is 0. The number of hydrogen-bond acceptors (Lipinski definition) is 2. The van der Waals surface area contributed by atoms with Gasteiger partial charge in [0, 0.05) is 12.1 Å². The minimum atomic E-state index is 0. The molecule has 0 unspecified atom stereocenters. The van der Waals surface area contributed by atoms with Crippen molar-refractivity contribution >= 4 is 12.4 Å². The lowest BCUT2D eigenvalue weighted by Crippen LogP contribution is -2.00. The van der Waals surface area contributed by atoms with Gasteiger partial charge in [0.15, 0.2) is 0 Å². The summed E-state index contributed by atoms with van der Waals surface area (Å²) in [7, 11) is 0. The molecule has 3 rings (SSSR count). The molecule has 2 nitrogen and oxygen atoms in total. The van der Waals surface area contributed by atoms with Crippen molar-refractivity contribution in [3.05, 3.63) is 89.5 Å². The van der Waals surface area contributed by atoms with Crippen molar-refractivity contribution in [3.63, 3.8) is 0 Å². The fraction of sp³-hybridized carbons (Fsp3) is 0.250. The standard InChI is InChI=1S/C24H27NO.ClH/c1-18(2)14-19-8-11-22(12-9-19)23-15-21(16-25)10-13-24(23)26-17-20-6-4-3-5-7-20;/h3-13,15,18H,14,16-17,25H2,1-2H3;1H. The average Bonchev–Trinajstić information content (AvgIpc) is 2.67. The molecule has 2 N–H and O–H groups in total. The Morgan fingerprint density at radius 3 is 2.11 bits per heavy atom. The minimum Gasteiger partial charge on any atom is -0.488 e. The van der Waals surface area contributed by atoms with Crippen molar-refractivity contribution in [2.45, 2.75) is 33.4 Å². The Kier molecular flexibility index (Phi) is 7.90. The van der Waals surface area contributed by atoms with E-state index in [1.54, 1.807) is 0 Å². The van der Waals surface area contributed by atoms with Crippen LogP contribution in [0.25, 0.3) is 11.1 Å². The summed E-state index contributed by atoms with van der Waals surface area (Å²) in [5, 5.41) is 0. The molecule has 0 aromatic heterocycles. The molecule has 0 saturated carbocycles. The maximum Gasteiger partial charge on any atom is 0.127 e. The Hall–Kier alpha value is -2.29. The first-order chi connectivity index (χ1) is 12.7. The van der Waals surface area contributed by atoms with Gasteiger partial charge in [-0.1, -0.05) is 74.5 Å². The SMILES string of the molecule is CC(C)Cc1ccc(-c2cc(CN)ccc2OCc2ccccc2)cc1.Cl. The maximum absolute atomic E-state index is 6.13. The average molecular weight is 382 g/mol. The van der Waals surface area contributed by atoms with Crippen molar-refractivity contribution in [3.8, 4) is 16.9 Å². The first-order valence-electron chi connectivity index (χ1n) is 9.24. The van der Waals surface area contributed by atoms with Crippen LogP contribution in [-0.4, -0.2) is 0 Å². The van der Waals surface area contributed by atoms with Crippen LogP contribution in [0.4, 0.5) is 0 Å². The molecule has 3 aromatic rings.